The minimum absolute atomic E-state index is 0.239. The number of nitrogens with one attached hydrogen (secondary N) is 1. The van der Waals surface area contributed by atoms with Crippen molar-refractivity contribution < 1.29 is 4.79 Å². The highest BCUT2D eigenvalue weighted by Crippen LogP contribution is 2.31. The Labute approximate surface area is 115 Å². The predicted octanol–water partition coefficient (Wildman–Crippen LogP) is 2.71. The fourth-order valence-electron chi connectivity index (χ4n) is 1.79. The third-order valence-electron chi connectivity index (χ3n) is 2.97. The molecule has 0 atom stereocenters. The van der Waals surface area contributed by atoms with Crippen molar-refractivity contribution >= 4 is 22.2 Å². The summed E-state index contributed by atoms with van der Waals surface area (Å²) in [5.74, 6) is -0.239. The monoisotopic (exact) mass is 274 g/mol. The Hall–Kier alpha value is -2.13. The summed E-state index contributed by atoms with van der Waals surface area (Å²) in [5, 5.41) is 16.6. The number of carbonyl (C=O) groups excluding carboxylic acids is 1. The van der Waals surface area contributed by atoms with Crippen LogP contribution >= 0.6 is 11.3 Å². The second kappa shape index (κ2) is 5.24. The molecule has 2 heterocycles. The van der Waals surface area contributed by atoms with Crippen LogP contribution in [0.15, 0.2) is 12.3 Å². The van der Waals surface area contributed by atoms with Crippen LogP contribution in [0.4, 0.5) is 5.00 Å². The average Bonchev–Trinajstić information content (AvgIpc) is 2.95. The normalized spacial score (nSPS) is 10.2. The van der Waals surface area contributed by atoms with Gasteiger partial charge >= 0.3 is 0 Å². The maximum Gasteiger partial charge on any atom is 0.274 e. The summed E-state index contributed by atoms with van der Waals surface area (Å²) in [6.07, 6.45) is 1.59. The van der Waals surface area contributed by atoms with E-state index in [9.17, 15) is 4.79 Å². The SMILES string of the molecule is CCn1nccc1C(=O)Nc1sc(C)c(C)c1C#N. The van der Waals surface area contributed by atoms with Gasteiger partial charge in [0.2, 0.25) is 0 Å². The van der Waals surface area contributed by atoms with E-state index in [0.29, 0.717) is 22.8 Å². The second-order valence-electron chi connectivity index (χ2n) is 4.09. The van der Waals surface area contributed by atoms with Crippen molar-refractivity contribution in [3.05, 3.63) is 34.0 Å². The van der Waals surface area contributed by atoms with Crippen molar-refractivity contribution in [3.8, 4) is 6.07 Å². The van der Waals surface area contributed by atoms with Gasteiger partial charge in [-0.25, -0.2) is 0 Å². The number of nitrogens with zero attached hydrogens (tertiary/aromatic N) is 3. The summed E-state index contributed by atoms with van der Waals surface area (Å²) in [6.45, 7) is 6.37. The minimum atomic E-state index is -0.239. The first-order valence-corrected chi connectivity index (χ1v) is 6.73. The van der Waals surface area contributed by atoms with E-state index in [1.807, 2.05) is 20.8 Å². The summed E-state index contributed by atoms with van der Waals surface area (Å²) in [7, 11) is 0. The standard InChI is InChI=1S/C13H14N4OS/c1-4-17-11(5-6-15-17)12(18)16-13-10(7-14)8(2)9(3)19-13/h5-6H,4H2,1-3H3,(H,16,18). The third kappa shape index (κ3) is 2.37. The van der Waals surface area contributed by atoms with Crippen molar-refractivity contribution in [2.24, 2.45) is 0 Å². The van der Waals surface area contributed by atoms with E-state index >= 15 is 0 Å². The quantitative estimate of drug-likeness (QED) is 0.935. The summed E-state index contributed by atoms with van der Waals surface area (Å²) >= 11 is 1.42. The van der Waals surface area contributed by atoms with Crippen LogP contribution in [0.25, 0.3) is 0 Å². The molecule has 0 saturated carbocycles. The van der Waals surface area contributed by atoms with Gasteiger partial charge in [-0.1, -0.05) is 0 Å². The number of anilines is 1. The van der Waals surface area contributed by atoms with E-state index in [1.54, 1.807) is 16.9 Å². The van der Waals surface area contributed by atoms with Crippen molar-refractivity contribution in [3.63, 3.8) is 0 Å². The van der Waals surface area contributed by atoms with Crippen LogP contribution in [0.3, 0.4) is 0 Å². The molecule has 0 aromatic carbocycles. The van der Waals surface area contributed by atoms with E-state index in [2.05, 4.69) is 16.5 Å². The van der Waals surface area contributed by atoms with E-state index in [1.165, 1.54) is 11.3 Å². The van der Waals surface area contributed by atoms with Crippen LogP contribution in [0.1, 0.15) is 33.4 Å². The Balaban J connectivity index is 2.30. The van der Waals surface area contributed by atoms with E-state index < -0.39 is 0 Å². The van der Waals surface area contributed by atoms with Gasteiger partial charge in [0.05, 0.1) is 5.56 Å². The molecular formula is C13H14N4OS. The number of rotatable bonds is 3. The summed E-state index contributed by atoms with van der Waals surface area (Å²) in [4.78, 5) is 13.2. The smallest absolute Gasteiger partial charge is 0.274 e. The van der Waals surface area contributed by atoms with Gasteiger partial charge in [-0.15, -0.1) is 11.3 Å². The largest absolute Gasteiger partial charge is 0.311 e. The zero-order valence-corrected chi connectivity index (χ0v) is 11.8. The lowest BCUT2D eigenvalue weighted by atomic mass is 10.2. The summed E-state index contributed by atoms with van der Waals surface area (Å²) in [5.41, 5.74) is 1.96. The topological polar surface area (TPSA) is 70.7 Å². The van der Waals surface area contributed by atoms with Gasteiger partial charge in [0.1, 0.15) is 16.8 Å². The fourth-order valence-corrected chi connectivity index (χ4v) is 2.80. The molecule has 2 aromatic heterocycles. The second-order valence-corrected chi connectivity index (χ2v) is 5.31. The minimum Gasteiger partial charge on any atom is -0.311 e. The zero-order valence-electron chi connectivity index (χ0n) is 11.0. The maximum atomic E-state index is 12.2. The highest BCUT2D eigenvalue weighted by molar-refractivity contribution is 7.16. The lowest BCUT2D eigenvalue weighted by Gasteiger charge is -2.05. The molecule has 1 N–H and O–H groups in total. The third-order valence-corrected chi connectivity index (χ3v) is 4.10. The number of hydrogen-bond acceptors (Lipinski definition) is 4. The highest BCUT2D eigenvalue weighted by Gasteiger charge is 2.17. The first-order valence-electron chi connectivity index (χ1n) is 5.91. The summed E-state index contributed by atoms with van der Waals surface area (Å²) < 4.78 is 1.62. The molecule has 0 radical (unpaired) electrons. The molecule has 0 spiro atoms. The molecule has 0 fully saturated rings. The number of aryl methyl sites for hydroxylation is 2. The predicted molar refractivity (Wildman–Crippen MR) is 74.4 cm³/mol. The Morgan fingerprint density at radius 3 is 2.95 bits per heavy atom. The molecule has 19 heavy (non-hydrogen) atoms. The molecule has 0 aliphatic carbocycles. The molecule has 98 valence electrons. The Kier molecular flexibility index (Phi) is 3.67. The van der Waals surface area contributed by atoms with Crippen LogP contribution in [0.5, 0.6) is 0 Å². The number of nitriles is 1. The highest BCUT2D eigenvalue weighted by atomic mass is 32.1. The van der Waals surface area contributed by atoms with Crippen molar-refractivity contribution in [1.82, 2.24) is 9.78 Å². The molecule has 2 rings (SSSR count). The van der Waals surface area contributed by atoms with Crippen molar-refractivity contribution in [2.75, 3.05) is 5.32 Å². The zero-order chi connectivity index (χ0) is 14.0. The molecule has 0 saturated heterocycles. The molecule has 1 amide bonds. The van der Waals surface area contributed by atoms with Crippen LogP contribution in [-0.4, -0.2) is 15.7 Å². The summed E-state index contributed by atoms with van der Waals surface area (Å²) in [6, 6.07) is 3.80. The maximum absolute atomic E-state index is 12.2. The number of thiophene rings is 1. The van der Waals surface area contributed by atoms with Gasteiger partial charge in [-0.2, -0.15) is 10.4 Å². The van der Waals surface area contributed by atoms with Gasteiger partial charge in [0, 0.05) is 17.6 Å². The Morgan fingerprint density at radius 2 is 2.32 bits per heavy atom. The van der Waals surface area contributed by atoms with Gasteiger partial charge in [0.25, 0.3) is 5.91 Å². The fraction of sp³-hybridized carbons (Fsp3) is 0.308. The molecule has 0 aliphatic heterocycles. The van der Waals surface area contributed by atoms with Crippen LogP contribution < -0.4 is 5.32 Å². The Bertz CT molecular complexity index is 663. The van der Waals surface area contributed by atoms with Gasteiger partial charge in [-0.05, 0) is 32.4 Å². The number of carbonyl (C=O) groups is 1. The van der Waals surface area contributed by atoms with Crippen LogP contribution in [0, 0.1) is 25.2 Å². The molecule has 0 bridgehead atoms. The van der Waals surface area contributed by atoms with E-state index in [-0.39, 0.29) is 5.91 Å². The number of hydrogen-bond donors (Lipinski definition) is 1. The van der Waals surface area contributed by atoms with Gasteiger partial charge in [0.15, 0.2) is 0 Å². The van der Waals surface area contributed by atoms with Gasteiger partial charge in [-0.3, -0.25) is 9.48 Å². The number of aromatic nitrogens is 2. The first kappa shape index (κ1) is 13.3. The van der Waals surface area contributed by atoms with E-state index in [0.717, 1.165) is 10.4 Å². The van der Waals surface area contributed by atoms with Crippen molar-refractivity contribution in [1.29, 1.82) is 5.26 Å². The molecular weight excluding hydrogens is 260 g/mol. The lowest BCUT2D eigenvalue weighted by Crippen LogP contribution is -2.17. The molecule has 6 heteroatoms. The van der Waals surface area contributed by atoms with Crippen LogP contribution in [-0.2, 0) is 6.54 Å². The average molecular weight is 274 g/mol. The molecule has 2 aromatic rings. The van der Waals surface area contributed by atoms with Crippen molar-refractivity contribution in [2.45, 2.75) is 27.3 Å². The lowest BCUT2D eigenvalue weighted by molar-refractivity contribution is 0.101. The first-order chi connectivity index (χ1) is 9.08. The van der Waals surface area contributed by atoms with Gasteiger partial charge < -0.3 is 5.32 Å². The molecule has 5 nitrogen and oxygen atoms in total. The van der Waals surface area contributed by atoms with Crippen LogP contribution in [0.2, 0.25) is 0 Å². The van der Waals surface area contributed by atoms with E-state index in [4.69, 9.17) is 5.26 Å². The molecule has 0 unspecified atom stereocenters. The Morgan fingerprint density at radius 1 is 1.58 bits per heavy atom. The molecule has 0 aliphatic rings. The number of amides is 1.